The minimum Gasteiger partial charge on any atom is -0.481 e. The number of halogens is 1. The van der Waals surface area contributed by atoms with Gasteiger partial charge in [-0.2, -0.15) is 5.10 Å². The molecule has 0 saturated heterocycles. The fourth-order valence-electron chi connectivity index (χ4n) is 2.51. The first-order chi connectivity index (χ1) is 12.8. The molecule has 0 fully saturated rings. The second-order valence-corrected chi connectivity index (χ2v) is 6.07. The molecule has 2 aromatic heterocycles. The number of amidine groups is 1. The molecule has 0 bridgehead atoms. The van der Waals surface area contributed by atoms with E-state index in [1.54, 1.807) is 12.1 Å². The molecule has 3 rings (SSSR count). The van der Waals surface area contributed by atoms with Crippen LogP contribution >= 0.6 is 11.6 Å². The van der Waals surface area contributed by atoms with Crippen molar-refractivity contribution in [1.82, 2.24) is 14.6 Å². The van der Waals surface area contributed by atoms with Crippen molar-refractivity contribution in [2.45, 2.75) is 12.8 Å². The lowest BCUT2D eigenvalue weighted by Gasteiger charge is -2.09. The Morgan fingerprint density at radius 2 is 2.04 bits per heavy atom. The average Bonchev–Trinajstić information content (AvgIpc) is 3.06. The molecule has 1 aromatic carbocycles. The zero-order valence-electron chi connectivity index (χ0n) is 13.8. The van der Waals surface area contributed by atoms with Crippen LogP contribution in [-0.2, 0) is 17.6 Å². The number of carboxylic acid groups (broad SMARTS) is 1. The van der Waals surface area contributed by atoms with Gasteiger partial charge < -0.3 is 15.6 Å². The SMILES string of the molecule is N=C(N)Cc1ccc(C(=O)Oc2ccc(CC(=O)O)n3ncnc23)c(Cl)c1. The number of rotatable bonds is 6. The Kier molecular flexibility index (Phi) is 5.04. The molecule has 0 aliphatic carbocycles. The van der Waals surface area contributed by atoms with E-state index in [1.165, 1.54) is 29.0 Å². The van der Waals surface area contributed by atoms with Gasteiger partial charge in [0.15, 0.2) is 11.4 Å². The highest BCUT2D eigenvalue weighted by Gasteiger charge is 2.18. The van der Waals surface area contributed by atoms with Gasteiger partial charge in [0.05, 0.1) is 28.5 Å². The number of nitrogens with two attached hydrogens (primary N) is 1. The van der Waals surface area contributed by atoms with E-state index in [4.69, 9.17) is 32.6 Å². The molecule has 0 radical (unpaired) electrons. The molecule has 9 nitrogen and oxygen atoms in total. The van der Waals surface area contributed by atoms with Gasteiger partial charge in [-0.1, -0.05) is 17.7 Å². The molecule has 138 valence electrons. The number of ether oxygens (including phenoxy) is 1. The first kappa shape index (κ1) is 18.3. The summed E-state index contributed by atoms with van der Waals surface area (Å²) in [4.78, 5) is 27.4. The molecule has 0 atom stereocenters. The quantitative estimate of drug-likeness (QED) is 0.331. The normalized spacial score (nSPS) is 10.7. The molecule has 4 N–H and O–H groups in total. The van der Waals surface area contributed by atoms with Crippen LogP contribution in [-0.4, -0.2) is 37.5 Å². The van der Waals surface area contributed by atoms with Crippen molar-refractivity contribution < 1.29 is 19.4 Å². The summed E-state index contributed by atoms with van der Waals surface area (Å²) in [5.74, 6) is -1.62. The Balaban J connectivity index is 1.87. The largest absolute Gasteiger partial charge is 0.481 e. The second-order valence-electron chi connectivity index (χ2n) is 5.66. The van der Waals surface area contributed by atoms with Crippen molar-refractivity contribution in [2.24, 2.45) is 5.73 Å². The van der Waals surface area contributed by atoms with Crippen LogP contribution in [0.1, 0.15) is 21.6 Å². The van der Waals surface area contributed by atoms with Crippen LogP contribution in [0.4, 0.5) is 0 Å². The van der Waals surface area contributed by atoms with Gasteiger partial charge >= 0.3 is 11.9 Å². The highest BCUT2D eigenvalue weighted by molar-refractivity contribution is 6.33. The number of aliphatic carboxylic acids is 1. The molecule has 0 unspecified atom stereocenters. The van der Waals surface area contributed by atoms with Crippen LogP contribution in [0.2, 0.25) is 5.02 Å². The third-order valence-electron chi connectivity index (χ3n) is 3.65. The first-order valence-corrected chi connectivity index (χ1v) is 8.10. The molecule has 27 heavy (non-hydrogen) atoms. The van der Waals surface area contributed by atoms with E-state index in [2.05, 4.69) is 10.1 Å². The summed E-state index contributed by atoms with van der Waals surface area (Å²) < 4.78 is 6.67. The van der Waals surface area contributed by atoms with Crippen LogP contribution in [0.15, 0.2) is 36.7 Å². The summed E-state index contributed by atoms with van der Waals surface area (Å²) in [7, 11) is 0. The lowest BCUT2D eigenvalue weighted by atomic mass is 10.1. The van der Waals surface area contributed by atoms with Crippen molar-refractivity contribution in [3.05, 3.63) is 58.5 Å². The van der Waals surface area contributed by atoms with Crippen molar-refractivity contribution >= 4 is 35.0 Å². The standard InChI is InChI=1S/C17H14ClN5O4/c18-12-5-9(6-14(19)20)1-3-11(12)17(26)27-13-4-2-10(7-15(24)25)23-16(13)21-8-22-23/h1-5,8H,6-7H2,(H3,19,20)(H,24,25). The predicted octanol–water partition coefficient (Wildman–Crippen LogP) is 1.71. The number of carbonyl (C=O) groups is 2. The third kappa shape index (κ3) is 4.04. The highest BCUT2D eigenvalue weighted by atomic mass is 35.5. The third-order valence-corrected chi connectivity index (χ3v) is 3.96. The smallest absolute Gasteiger partial charge is 0.345 e. The van der Waals surface area contributed by atoms with E-state index < -0.39 is 11.9 Å². The van der Waals surface area contributed by atoms with E-state index in [1.807, 2.05) is 0 Å². The second kappa shape index (κ2) is 7.42. The first-order valence-electron chi connectivity index (χ1n) is 7.72. The fourth-order valence-corrected chi connectivity index (χ4v) is 2.79. The summed E-state index contributed by atoms with van der Waals surface area (Å²) in [6.45, 7) is 0. The minimum atomic E-state index is -1.02. The number of pyridine rings is 1. The molecule has 0 aliphatic rings. The van der Waals surface area contributed by atoms with Crippen LogP contribution in [0.3, 0.4) is 0 Å². The summed E-state index contributed by atoms with van der Waals surface area (Å²) in [5.41, 5.74) is 6.79. The number of hydrogen-bond donors (Lipinski definition) is 3. The van der Waals surface area contributed by atoms with Crippen LogP contribution in [0.5, 0.6) is 5.75 Å². The number of fused-ring (bicyclic) bond motifs is 1. The molecular formula is C17H14ClN5O4. The maximum atomic E-state index is 12.5. The number of esters is 1. The van der Waals surface area contributed by atoms with Crippen molar-refractivity contribution in [2.75, 3.05) is 0 Å². The van der Waals surface area contributed by atoms with E-state index >= 15 is 0 Å². The Labute approximate surface area is 157 Å². The molecule has 10 heteroatoms. The Bertz CT molecular complexity index is 1060. The highest BCUT2D eigenvalue weighted by Crippen LogP contribution is 2.24. The molecule has 2 heterocycles. The van der Waals surface area contributed by atoms with Gasteiger partial charge in [-0.25, -0.2) is 14.3 Å². The summed E-state index contributed by atoms with van der Waals surface area (Å²) in [6, 6.07) is 7.62. The lowest BCUT2D eigenvalue weighted by Crippen LogP contribution is -2.14. The maximum Gasteiger partial charge on any atom is 0.345 e. The Morgan fingerprint density at radius 3 is 2.70 bits per heavy atom. The number of aromatic nitrogens is 3. The molecule has 0 amide bonds. The average molecular weight is 388 g/mol. The number of benzene rings is 1. The molecule has 0 saturated carbocycles. The zero-order valence-corrected chi connectivity index (χ0v) is 14.6. The fraction of sp³-hybridized carbons (Fsp3) is 0.118. The van der Waals surface area contributed by atoms with Gasteiger partial charge in [0.2, 0.25) is 0 Å². The van der Waals surface area contributed by atoms with E-state index in [-0.39, 0.29) is 40.7 Å². The van der Waals surface area contributed by atoms with Gasteiger partial charge in [0, 0.05) is 6.42 Å². The van der Waals surface area contributed by atoms with Gasteiger partial charge in [0.1, 0.15) is 6.33 Å². The van der Waals surface area contributed by atoms with Crippen molar-refractivity contribution in [1.29, 1.82) is 5.41 Å². The zero-order chi connectivity index (χ0) is 19.6. The molecule has 0 spiro atoms. The Morgan fingerprint density at radius 1 is 1.26 bits per heavy atom. The predicted molar refractivity (Wildman–Crippen MR) is 96.4 cm³/mol. The topological polar surface area (TPSA) is 144 Å². The number of carboxylic acids is 1. The molecule has 3 aromatic rings. The number of nitrogens with one attached hydrogen (secondary N) is 1. The van der Waals surface area contributed by atoms with E-state index in [0.29, 0.717) is 11.3 Å². The monoisotopic (exact) mass is 387 g/mol. The van der Waals surface area contributed by atoms with E-state index in [9.17, 15) is 9.59 Å². The Hall–Kier alpha value is -3.46. The van der Waals surface area contributed by atoms with Gasteiger partial charge in [-0.05, 0) is 29.8 Å². The maximum absolute atomic E-state index is 12.5. The van der Waals surface area contributed by atoms with Crippen LogP contribution in [0.25, 0.3) is 5.65 Å². The van der Waals surface area contributed by atoms with Gasteiger partial charge in [-0.3, -0.25) is 10.2 Å². The van der Waals surface area contributed by atoms with Gasteiger partial charge in [-0.15, -0.1) is 0 Å². The van der Waals surface area contributed by atoms with Gasteiger partial charge in [0.25, 0.3) is 0 Å². The molecule has 0 aliphatic heterocycles. The van der Waals surface area contributed by atoms with E-state index in [0.717, 1.165) is 0 Å². The van der Waals surface area contributed by atoms with Crippen LogP contribution < -0.4 is 10.5 Å². The lowest BCUT2D eigenvalue weighted by molar-refractivity contribution is -0.136. The minimum absolute atomic E-state index is 0.0166. The summed E-state index contributed by atoms with van der Waals surface area (Å²) >= 11 is 6.14. The van der Waals surface area contributed by atoms with Crippen LogP contribution in [0, 0.1) is 5.41 Å². The summed E-state index contributed by atoms with van der Waals surface area (Å²) in [6.07, 6.45) is 1.21. The number of carbonyl (C=O) groups excluding carboxylic acids is 1. The molecular weight excluding hydrogens is 374 g/mol. The number of hydrogen-bond acceptors (Lipinski definition) is 6. The van der Waals surface area contributed by atoms with Crippen molar-refractivity contribution in [3.63, 3.8) is 0 Å². The van der Waals surface area contributed by atoms with Crippen molar-refractivity contribution in [3.8, 4) is 5.75 Å². The number of nitrogens with zero attached hydrogens (tertiary/aromatic N) is 3. The summed E-state index contributed by atoms with van der Waals surface area (Å²) in [5, 5.41) is 20.4.